The first-order valence-corrected chi connectivity index (χ1v) is 7.74. The highest BCUT2D eigenvalue weighted by Gasteiger charge is 2.30. The molecule has 0 aliphatic carbocycles. The van der Waals surface area contributed by atoms with E-state index in [1.54, 1.807) is 24.3 Å². The number of halogens is 6. The Morgan fingerprint density at radius 3 is 2.38 bits per heavy atom. The molecule has 2 nitrogen and oxygen atoms in total. The molecule has 0 saturated heterocycles. The van der Waals surface area contributed by atoms with Crippen molar-refractivity contribution in [2.75, 3.05) is 0 Å². The van der Waals surface area contributed by atoms with Crippen LogP contribution in [0.1, 0.15) is 17.5 Å². The summed E-state index contributed by atoms with van der Waals surface area (Å²) < 4.78 is 41.5. The molecule has 24 heavy (non-hydrogen) atoms. The lowest BCUT2D eigenvalue weighted by molar-refractivity contribution is -0.137. The zero-order chi connectivity index (χ0) is 18.0. The summed E-state index contributed by atoms with van der Waals surface area (Å²) in [6, 6.07) is 8.76. The van der Waals surface area contributed by atoms with E-state index in [2.05, 4.69) is 11.6 Å². The minimum atomic E-state index is -4.44. The topological polar surface area (TPSA) is 22.1 Å². The molecular formula is C16H11Cl3F3NO. The third-order valence-electron chi connectivity index (χ3n) is 2.94. The Morgan fingerprint density at radius 2 is 1.83 bits per heavy atom. The zero-order valence-electron chi connectivity index (χ0n) is 12.1. The second-order valence-electron chi connectivity index (χ2n) is 4.91. The van der Waals surface area contributed by atoms with Crippen molar-refractivity contribution in [2.45, 2.75) is 16.4 Å². The molecule has 2 rings (SSSR count). The first-order valence-electron chi connectivity index (χ1n) is 6.61. The molecule has 1 heterocycles. The van der Waals surface area contributed by atoms with Gasteiger partial charge in [-0.05, 0) is 29.3 Å². The monoisotopic (exact) mass is 395 g/mol. The van der Waals surface area contributed by atoms with Gasteiger partial charge in [0, 0.05) is 18.7 Å². The maximum absolute atomic E-state index is 12.5. The van der Waals surface area contributed by atoms with Crippen LogP contribution in [0.15, 0.2) is 49.2 Å². The third-order valence-corrected chi connectivity index (χ3v) is 3.34. The van der Waals surface area contributed by atoms with E-state index in [9.17, 15) is 13.2 Å². The summed E-state index contributed by atoms with van der Waals surface area (Å²) in [5, 5.41) is 0. The predicted octanol–water partition coefficient (Wildman–Crippen LogP) is 6.67. The number of pyridine rings is 1. The third kappa shape index (κ3) is 5.58. The Kier molecular flexibility index (Phi) is 5.68. The fraction of sp³-hybridized carbons (Fsp3) is 0.188. The van der Waals surface area contributed by atoms with Crippen molar-refractivity contribution < 1.29 is 17.9 Å². The molecule has 0 bridgehead atoms. The van der Waals surface area contributed by atoms with Crippen molar-refractivity contribution in [1.82, 2.24) is 4.98 Å². The van der Waals surface area contributed by atoms with E-state index in [-0.39, 0.29) is 12.3 Å². The molecule has 0 radical (unpaired) electrons. The van der Waals surface area contributed by atoms with Crippen molar-refractivity contribution in [3.8, 4) is 11.6 Å². The quantitative estimate of drug-likeness (QED) is 0.539. The van der Waals surface area contributed by atoms with E-state index in [0.29, 0.717) is 23.1 Å². The number of alkyl halides is 6. The van der Waals surface area contributed by atoms with Crippen LogP contribution in [0.5, 0.6) is 11.6 Å². The average Bonchev–Trinajstić information content (AvgIpc) is 2.45. The van der Waals surface area contributed by atoms with Crippen LogP contribution in [-0.4, -0.2) is 8.78 Å². The maximum atomic E-state index is 12.5. The van der Waals surface area contributed by atoms with Crippen molar-refractivity contribution in [3.05, 3.63) is 60.3 Å². The lowest BCUT2D eigenvalue weighted by Crippen LogP contribution is -2.05. The van der Waals surface area contributed by atoms with Gasteiger partial charge in [-0.15, -0.1) is 0 Å². The number of allylic oxidation sites excluding steroid dienone is 1. The molecular weight excluding hydrogens is 386 g/mol. The second kappa shape index (κ2) is 7.21. The Labute approximate surface area is 151 Å². The number of hydrogen-bond donors (Lipinski definition) is 0. The normalized spacial score (nSPS) is 12.1. The van der Waals surface area contributed by atoms with E-state index in [1.807, 2.05) is 0 Å². The molecule has 1 aromatic heterocycles. The van der Waals surface area contributed by atoms with Crippen LogP contribution in [0, 0.1) is 0 Å². The molecule has 128 valence electrons. The number of hydrogen-bond acceptors (Lipinski definition) is 2. The Bertz CT molecular complexity index is 725. The fourth-order valence-electron chi connectivity index (χ4n) is 1.85. The number of ether oxygens (including phenoxy) is 1. The number of aromatic nitrogens is 1. The summed E-state index contributed by atoms with van der Waals surface area (Å²) in [5.41, 5.74) is 0.422. The van der Waals surface area contributed by atoms with Gasteiger partial charge >= 0.3 is 6.18 Å². The van der Waals surface area contributed by atoms with Crippen LogP contribution in [-0.2, 0) is 6.18 Å². The van der Waals surface area contributed by atoms with Gasteiger partial charge in [-0.3, -0.25) is 0 Å². The van der Waals surface area contributed by atoms with Crippen LogP contribution in [0.25, 0.3) is 5.57 Å². The number of benzene rings is 1. The van der Waals surface area contributed by atoms with Crippen LogP contribution < -0.4 is 4.74 Å². The molecule has 0 aliphatic heterocycles. The van der Waals surface area contributed by atoms with E-state index in [4.69, 9.17) is 39.5 Å². The maximum Gasteiger partial charge on any atom is 0.417 e. The lowest BCUT2D eigenvalue weighted by atomic mass is 10.1. The van der Waals surface area contributed by atoms with Crippen molar-refractivity contribution in [1.29, 1.82) is 0 Å². The van der Waals surface area contributed by atoms with Gasteiger partial charge in [-0.2, -0.15) is 13.2 Å². The Balaban J connectivity index is 2.13. The van der Waals surface area contributed by atoms with Gasteiger partial charge < -0.3 is 4.74 Å². The van der Waals surface area contributed by atoms with Gasteiger partial charge in [0.05, 0.1) is 5.56 Å². The highest BCUT2D eigenvalue weighted by atomic mass is 35.6. The molecule has 0 fully saturated rings. The Hall–Kier alpha value is -1.43. The summed E-state index contributed by atoms with van der Waals surface area (Å²) in [4.78, 5) is 3.65. The molecule has 0 amide bonds. The summed E-state index contributed by atoms with van der Waals surface area (Å²) in [5.74, 6) is 0.414. The lowest BCUT2D eigenvalue weighted by Gasteiger charge is -2.14. The van der Waals surface area contributed by atoms with Gasteiger partial charge in [0.2, 0.25) is 5.88 Å². The minimum absolute atomic E-state index is 0.0344. The molecule has 2 aromatic rings. The molecule has 0 spiro atoms. The minimum Gasteiger partial charge on any atom is -0.439 e. The van der Waals surface area contributed by atoms with Gasteiger partial charge in [0.1, 0.15) is 5.75 Å². The summed E-state index contributed by atoms with van der Waals surface area (Å²) >= 11 is 17.2. The number of nitrogens with zero attached hydrogens (tertiary/aromatic N) is 1. The van der Waals surface area contributed by atoms with E-state index in [1.165, 1.54) is 0 Å². The standard InChI is InChI=1S/C16H11Cl3F3NO/c1-10(8-15(17,18)19)11-3-2-4-13(7-11)24-14-6-5-12(9-23-14)16(20,21)22/h2-7,9H,1,8H2. The van der Waals surface area contributed by atoms with Gasteiger partial charge in [0.15, 0.2) is 3.79 Å². The smallest absolute Gasteiger partial charge is 0.417 e. The SMILES string of the molecule is C=C(CC(Cl)(Cl)Cl)c1cccc(Oc2ccc(C(F)(F)F)cn2)c1. The van der Waals surface area contributed by atoms with Crippen molar-refractivity contribution >= 4 is 40.4 Å². The summed E-state index contributed by atoms with van der Waals surface area (Å²) in [7, 11) is 0. The summed E-state index contributed by atoms with van der Waals surface area (Å²) in [6.45, 7) is 3.85. The second-order valence-corrected chi connectivity index (χ2v) is 7.42. The highest BCUT2D eigenvalue weighted by molar-refractivity contribution is 6.67. The van der Waals surface area contributed by atoms with Crippen LogP contribution >= 0.6 is 34.8 Å². The number of rotatable bonds is 4. The van der Waals surface area contributed by atoms with Crippen molar-refractivity contribution in [3.63, 3.8) is 0 Å². The zero-order valence-corrected chi connectivity index (χ0v) is 14.3. The first-order chi connectivity index (χ1) is 11.0. The fourth-order valence-corrected chi connectivity index (χ4v) is 2.34. The highest BCUT2D eigenvalue weighted by Crippen LogP contribution is 2.37. The van der Waals surface area contributed by atoms with E-state index in [0.717, 1.165) is 12.1 Å². The van der Waals surface area contributed by atoms with Crippen molar-refractivity contribution in [2.24, 2.45) is 0 Å². The summed E-state index contributed by atoms with van der Waals surface area (Å²) in [6.07, 6.45) is -3.61. The molecule has 1 aromatic carbocycles. The molecule has 0 saturated carbocycles. The van der Waals surface area contributed by atoms with Crippen LogP contribution in [0.3, 0.4) is 0 Å². The van der Waals surface area contributed by atoms with E-state index >= 15 is 0 Å². The molecule has 0 N–H and O–H groups in total. The van der Waals surface area contributed by atoms with Gasteiger partial charge in [0.25, 0.3) is 0 Å². The van der Waals surface area contributed by atoms with Gasteiger partial charge in [-0.1, -0.05) is 53.5 Å². The molecule has 0 aliphatic rings. The predicted molar refractivity (Wildman–Crippen MR) is 89.7 cm³/mol. The van der Waals surface area contributed by atoms with E-state index < -0.39 is 15.5 Å². The average molecular weight is 397 g/mol. The first kappa shape index (κ1) is 18.9. The largest absolute Gasteiger partial charge is 0.439 e. The van der Waals surface area contributed by atoms with Crippen LogP contribution in [0.2, 0.25) is 0 Å². The van der Waals surface area contributed by atoms with Gasteiger partial charge in [-0.25, -0.2) is 4.98 Å². The Morgan fingerprint density at radius 1 is 1.12 bits per heavy atom. The molecule has 0 unspecified atom stereocenters. The molecule has 8 heteroatoms. The molecule has 0 atom stereocenters. The van der Waals surface area contributed by atoms with Crippen LogP contribution in [0.4, 0.5) is 13.2 Å².